The second kappa shape index (κ2) is 2.84. The van der Waals surface area contributed by atoms with E-state index in [0.717, 1.165) is 0 Å². The molecule has 0 heterocycles. The number of carbonyl (C=O) groups is 1. The second-order valence-electron chi connectivity index (χ2n) is 1.82. The molecule has 0 unspecified atom stereocenters. The molecular formula is C7H5FOS. The number of thiol groups is 1. The molecule has 0 atom stereocenters. The summed E-state index contributed by atoms with van der Waals surface area (Å²) in [4.78, 5) is 10.7. The van der Waals surface area contributed by atoms with E-state index in [-0.39, 0.29) is 5.56 Å². The molecule has 0 aliphatic rings. The first-order chi connectivity index (χ1) is 4.74. The fraction of sp³-hybridized carbons (Fsp3) is 0. The van der Waals surface area contributed by atoms with E-state index in [1.54, 1.807) is 0 Å². The molecule has 0 saturated carbocycles. The lowest BCUT2D eigenvalue weighted by molar-refractivity contribution is 0.111. The molecule has 0 aliphatic carbocycles. The maximum atomic E-state index is 12.5. The molecule has 3 heteroatoms. The highest BCUT2D eigenvalue weighted by Gasteiger charge is 1.98. The van der Waals surface area contributed by atoms with Crippen molar-refractivity contribution >= 4 is 18.9 Å². The van der Waals surface area contributed by atoms with Gasteiger partial charge in [-0.2, -0.15) is 0 Å². The first-order valence-corrected chi connectivity index (χ1v) is 3.12. The van der Waals surface area contributed by atoms with Crippen molar-refractivity contribution in [2.45, 2.75) is 4.90 Å². The van der Waals surface area contributed by atoms with Crippen molar-refractivity contribution in [2.24, 2.45) is 0 Å². The molecule has 1 aromatic rings. The Morgan fingerprint density at radius 2 is 2.20 bits per heavy atom. The van der Waals surface area contributed by atoms with Gasteiger partial charge in [-0.3, -0.25) is 4.79 Å². The number of benzene rings is 1. The van der Waals surface area contributed by atoms with Crippen molar-refractivity contribution in [1.29, 1.82) is 0 Å². The maximum Gasteiger partial charge on any atom is 0.153 e. The molecule has 0 aromatic heterocycles. The summed E-state index contributed by atoms with van der Waals surface area (Å²) < 4.78 is 12.5. The molecule has 1 rings (SSSR count). The van der Waals surface area contributed by atoms with Crippen molar-refractivity contribution in [3.63, 3.8) is 0 Å². The molecule has 10 heavy (non-hydrogen) atoms. The van der Waals surface area contributed by atoms with Crippen LogP contribution in [0.5, 0.6) is 0 Å². The van der Waals surface area contributed by atoms with Gasteiger partial charge in [-0.25, -0.2) is 4.39 Å². The third-order valence-corrected chi connectivity index (χ3v) is 1.38. The van der Waals surface area contributed by atoms with Crippen LogP contribution in [-0.4, -0.2) is 6.29 Å². The first-order valence-electron chi connectivity index (χ1n) is 2.68. The minimum Gasteiger partial charge on any atom is -0.298 e. The summed E-state index contributed by atoms with van der Waals surface area (Å²) in [5, 5.41) is 0. The van der Waals surface area contributed by atoms with E-state index in [4.69, 9.17) is 0 Å². The smallest absolute Gasteiger partial charge is 0.153 e. The van der Waals surface area contributed by atoms with Crippen LogP contribution in [0, 0.1) is 5.82 Å². The van der Waals surface area contributed by atoms with E-state index in [9.17, 15) is 9.18 Å². The summed E-state index contributed by atoms with van der Waals surface area (Å²) in [5.41, 5.74) is 0.0486. The Balaban J connectivity index is 3.21. The average molecular weight is 156 g/mol. The fourth-order valence-corrected chi connectivity index (χ4v) is 0.835. The second-order valence-corrected chi connectivity index (χ2v) is 2.34. The number of hydrogen-bond donors (Lipinski definition) is 1. The topological polar surface area (TPSA) is 17.1 Å². The van der Waals surface area contributed by atoms with Crippen LogP contribution in [0.2, 0.25) is 0 Å². The van der Waals surface area contributed by atoms with Gasteiger partial charge >= 0.3 is 0 Å². The highest BCUT2D eigenvalue weighted by molar-refractivity contribution is 7.80. The standard InChI is InChI=1S/C7H5FOS/c8-7-2-1-6(10)3-5(7)4-9/h1-4,10H. The Labute approximate surface area is 63.3 Å². The normalized spacial score (nSPS) is 9.40. The summed E-state index contributed by atoms with van der Waals surface area (Å²) in [5.74, 6) is -0.507. The largest absolute Gasteiger partial charge is 0.298 e. The van der Waals surface area contributed by atoms with Crippen LogP contribution in [-0.2, 0) is 0 Å². The zero-order chi connectivity index (χ0) is 7.56. The van der Waals surface area contributed by atoms with Crippen LogP contribution >= 0.6 is 12.6 Å². The van der Waals surface area contributed by atoms with Crippen LogP contribution in [0.1, 0.15) is 10.4 Å². The van der Waals surface area contributed by atoms with Gasteiger partial charge in [0.25, 0.3) is 0 Å². The third-order valence-electron chi connectivity index (χ3n) is 1.11. The van der Waals surface area contributed by atoms with Gasteiger partial charge in [-0.1, -0.05) is 0 Å². The highest BCUT2D eigenvalue weighted by Crippen LogP contribution is 2.10. The highest BCUT2D eigenvalue weighted by atomic mass is 32.1. The van der Waals surface area contributed by atoms with Crippen molar-refractivity contribution in [3.8, 4) is 0 Å². The van der Waals surface area contributed by atoms with Gasteiger partial charge in [-0.05, 0) is 18.2 Å². The summed E-state index contributed by atoms with van der Waals surface area (Å²) in [6, 6.07) is 4.09. The lowest BCUT2D eigenvalue weighted by Crippen LogP contribution is -1.85. The Hall–Kier alpha value is -0.830. The van der Waals surface area contributed by atoms with Gasteiger partial charge in [0, 0.05) is 4.90 Å². The van der Waals surface area contributed by atoms with Crippen LogP contribution in [0.25, 0.3) is 0 Å². The summed E-state index contributed by atoms with van der Waals surface area (Å²) in [6.07, 6.45) is 0.467. The molecule has 0 radical (unpaired) electrons. The van der Waals surface area contributed by atoms with E-state index >= 15 is 0 Å². The van der Waals surface area contributed by atoms with Crippen molar-refractivity contribution < 1.29 is 9.18 Å². The molecule has 0 amide bonds. The number of halogens is 1. The van der Waals surface area contributed by atoms with Gasteiger partial charge in [-0.15, -0.1) is 12.6 Å². The van der Waals surface area contributed by atoms with E-state index in [1.165, 1.54) is 18.2 Å². The molecule has 0 spiro atoms. The van der Waals surface area contributed by atoms with Crippen molar-refractivity contribution in [2.75, 3.05) is 0 Å². The number of aldehydes is 1. The molecular weight excluding hydrogens is 151 g/mol. The maximum absolute atomic E-state index is 12.5. The molecule has 0 fully saturated rings. The molecule has 1 nitrogen and oxygen atoms in total. The zero-order valence-electron chi connectivity index (χ0n) is 5.04. The van der Waals surface area contributed by atoms with Crippen LogP contribution in [0.15, 0.2) is 23.1 Å². The Bertz CT molecular complexity index is 260. The van der Waals surface area contributed by atoms with E-state index in [1.807, 2.05) is 0 Å². The summed E-state index contributed by atoms with van der Waals surface area (Å²) in [7, 11) is 0. The summed E-state index contributed by atoms with van der Waals surface area (Å²) in [6.45, 7) is 0. The van der Waals surface area contributed by atoms with Crippen LogP contribution in [0.3, 0.4) is 0 Å². The van der Waals surface area contributed by atoms with Gasteiger partial charge in [0.2, 0.25) is 0 Å². The fourth-order valence-electron chi connectivity index (χ4n) is 0.621. The molecule has 1 aromatic carbocycles. The number of carbonyl (C=O) groups excluding carboxylic acids is 1. The predicted octanol–water partition coefficient (Wildman–Crippen LogP) is 1.93. The predicted molar refractivity (Wildman–Crippen MR) is 39.0 cm³/mol. The Morgan fingerprint density at radius 3 is 2.70 bits per heavy atom. The molecule has 0 saturated heterocycles. The lowest BCUT2D eigenvalue weighted by atomic mass is 10.2. The average Bonchev–Trinajstić information content (AvgIpc) is 1.94. The third kappa shape index (κ3) is 1.36. The molecule has 0 aliphatic heterocycles. The molecule has 0 bridgehead atoms. The zero-order valence-corrected chi connectivity index (χ0v) is 5.94. The van der Waals surface area contributed by atoms with E-state index in [0.29, 0.717) is 11.2 Å². The van der Waals surface area contributed by atoms with Gasteiger partial charge in [0.05, 0.1) is 5.56 Å². The number of hydrogen-bond acceptors (Lipinski definition) is 2. The van der Waals surface area contributed by atoms with Gasteiger partial charge < -0.3 is 0 Å². The van der Waals surface area contributed by atoms with Crippen LogP contribution in [0.4, 0.5) is 4.39 Å². The minimum absolute atomic E-state index is 0.0486. The Morgan fingerprint density at radius 1 is 1.50 bits per heavy atom. The van der Waals surface area contributed by atoms with E-state index < -0.39 is 5.82 Å². The van der Waals surface area contributed by atoms with Gasteiger partial charge in [0.15, 0.2) is 6.29 Å². The Kier molecular flexibility index (Phi) is 2.06. The van der Waals surface area contributed by atoms with Crippen molar-refractivity contribution in [3.05, 3.63) is 29.6 Å². The summed E-state index contributed by atoms with van der Waals surface area (Å²) >= 11 is 3.93. The molecule has 0 N–H and O–H groups in total. The monoisotopic (exact) mass is 156 g/mol. The quantitative estimate of drug-likeness (QED) is 0.485. The molecule has 52 valence electrons. The lowest BCUT2D eigenvalue weighted by Gasteiger charge is -1.93. The first kappa shape index (κ1) is 7.28. The van der Waals surface area contributed by atoms with E-state index in [2.05, 4.69) is 12.6 Å². The van der Waals surface area contributed by atoms with Crippen molar-refractivity contribution in [1.82, 2.24) is 0 Å². The van der Waals surface area contributed by atoms with Gasteiger partial charge in [0.1, 0.15) is 5.82 Å². The van der Waals surface area contributed by atoms with Crippen LogP contribution < -0.4 is 0 Å². The number of rotatable bonds is 1. The minimum atomic E-state index is -0.507. The SMILES string of the molecule is O=Cc1cc(S)ccc1F.